The summed E-state index contributed by atoms with van der Waals surface area (Å²) in [5, 5.41) is 0. The molecule has 0 aromatic heterocycles. The lowest BCUT2D eigenvalue weighted by Crippen LogP contribution is -2.46. The van der Waals surface area contributed by atoms with Crippen LogP contribution in [0.25, 0.3) is 0 Å². The molecule has 4 fully saturated rings. The average molecular weight is 337 g/mol. The number of fused-ring (bicyclic) bond motifs is 9. The maximum atomic E-state index is 12.4. The van der Waals surface area contributed by atoms with E-state index in [1.807, 2.05) is 0 Å². The summed E-state index contributed by atoms with van der Waals surface area (Å²) in [6, 6.07) is 0. The monoisotopic (exact) mass is 337 g/mol. The maximum absolute atomic E-state index is 12.4. The zero-order valence-corrected chi connectivity index (χ0v) is 12.7. The van der Waals surface area contributed by atoms with Crippen molar-refractivity contribution in [2.24, 2.45) is 41.4 Å². The molecule has 1 N–H and O–H groups in total. The number of amides is 1. The van der Waals surface area contributed by atoms with Crippen LogP contribution in [0.5, 0.6) is 0 Å². The van der Waals surface area contributed by atoms with Gasteiger partial charge in [0.2, 0.25) is 5.91 Å². The van der Waals surface area contributed by atoms with Gasteiger partial charge in [0.05, 0.1) is 0 Å². The molecule has 0 aliphatic heterocycles. The molecule has 22 heavy (non-hydrogen) atoms. The quantitative estimate of drug-likeness (QED) is 0.786. The molecular formula is C14H18F3NO3S. The highest BCUT2D eigenvalue weighted by atomic mass is 32.2. The van der Waals surface area contributed by atoms with Crippen LogP contribution in [0.3, 0.4) is 0 Å². The fourth-order valence-electron chi connectivity index (χ4n) is 6.13. The maximum Gasteiger partial charge on any atom is 0.516 e. The topological polar surface area (TPSA) is 63.2 Å². The van der Waals surface area contributed by atoms with Crippen molar-refractivity contribution >= 4 is 15.9 Å². The van der Waals surface area contributed by atoms with Gasteiger partial charge >= 0.3 is 15.5 Å². The van der Waals surface area contributed by atoms with E-state index in [0.717, 1.165) is 18.8 Å². The molecule has 124 valence electrons. The smallest absolute Gasteiger partial charge is 0.274 e. The van der Waals surface area contributed by atoms with Crippen LogP contribution in [0.15, 0.2) is 0 Å². The van der Waals surface area contributed by atoms with Gasteiger partial charge < -0.3 is 0 Å². The van der Waals surface area contributed by atoms with Crippen LogP contribution in [0.4, 0.5) is 13.2 Å². The summed E-state index contributed by atoms with van der Waals surface area (Å²) in [5.74, 6) is 1.35. The molecule has 0 spiro atoms. The van der Waals surface area contributed by atoms with Gasteiger partial charge in [-0.15, -0.1) is 0 Å². The molecule has 8 heteroatoms. The number of halogens is 3. The molecule has 4 bridgehead atoms. The van der Waals surface area contributed by atoms with Crippen molar-refractivity contribution in [3.8, 4) is 0 Å². The number of carbonyl (C=O) groups excluding carboxylic acids is 1. The number of sulfonamides is 1. The van der Waals surface area contributed by atoms with Crippen LogP contribution in [-0.4, -0.2) is 19.8 Å². The standard InChI is InChI=1S/C14H18F3NO3S/c15-14(16,17)22(20,21)18-13(19)10-5-8-4-9(10)12-7-2-1-6(3-7)11(8)12/h6-12H,1-5H2,(H,18,19). The first kappa shape index (κ1) is 14.8. The molecule has 0 aromatic rings. The fraction of sp³-hybridized carbons (Fsp3) is 0.929. The van der Waals surface area contributed by atoms with E-state index in [1.54, 1.807) is 0 Å². The summed E-state index contributed by atoms with van der Waals surface area (Å²) in [6.45, 7) is 0. The number of nitrogens with one attached hydrogen (secondary N) is 1. The average Bonchev–Trinajstić information content (AvgIpc) is 3.15. The molecule has 4 aliphatic rings. The van der Waals surface area contributed by atoms with Crippen LogP contribution in [-0.2, 0) is 14.8 Å². The van der Waals surface area contributed by atoms with E-state index >= 15 is 0 Å². The van der Waals surface area contributed by atoms with Gasteiger partial charge in [0.15, 0.2) is 0 Å². The first-order chi connectivity index (χ1) is 10.2. The predicted octanol–water partition coefficient (Wildman–Crippen LogP) is 2.27. The fourth-order valence-corrected chi connectivity index (χ4v) is 6.66. The van der Waals surface area contributed by atoms with Gasteiger partial charge in [0, 0.05) is 5.92 Å². The third-order valence-electron chi connectivity index (χ3n) is 6.61. The van der Waals surface area contributed by atoms with E-state index in [1.165, 1.54) is 17.6 Å². The summed E-state index contributed by atoms with van der Waals surface area (Å²) < 4.78 is 60.7. The van der Waals surface area contributed by atoms with Crippen molar-refractivity contribution in [3.05, 3.63) is 0 Å². The Bertz CT molecular complexity index is 617. The molecule has 4 rings (SSSR count). The normalized spacial score (nSPS) is 46.0. The second-order valence-electron chi connectivity index (χ2n) is 7.41. The molecule has 7 atom stereocenters. The Balaban J connectivity index is 1.51. The van der Waals surface area contributed by atoms with Gasteiger partial charge in [0.1, 0.15) is 0 Å². The number of rotatable bonds is 2. The molecule has 0 radical (unpaired) electrons. The number of carbonyl (C=O) groups is 1. The summed E-state index contributed by atoms with van der Waals surface area (Å²) >= 11 is 0. The van der Waals surface area contributed by atoms with Crippen LogP contribution in [0.1, 0.15) is 32.1 Å². The third-order valence-corrected chi connectivity index (χ3v) is 7.69. The molecular weight excluding hydrogens is 319 g/mol. The molecule has 4 saturated carbocycles. The number of alkyl halides is 3. The predicted molar refractivity (Wildman–Crippen MR) is 70.6 cm³/mol. The summed E-state index contributed by atoms with van der Waals surface area (Å²) in [7, 11) is -5.58. The summed E-state index contributed by atoms with van der Waals surface area (Å²) in [4.78, 5) is 12.1. The highest BCUT2D eigenvalue weighted by Crippen LogP contribution is 2.68. The molecule has 0 saturated heterocycles. The minimum Gasteiger partial charge on any atom is -0.274 e. The third kappa shape index (κ3) is 1.88. The number of hydrogen-bond acceptors (Lipinski definition) is 3. The van der Waals surface area contributed by atoms with Gasteiger partial charge in [-0.25, -0.2) is 4.72 Å². The Morgan fingerprint density at radius 2 is 1.59 bits per heavy atom. The minimum absolute atomic E-state index is 0.0775. The van der Waals surface area contributed by atoms with Crippen molar-refractivity contribution in [1.82, 2.24) is 4.72 Å². The van der Waals surface area contributed by atoms with Crippen molar-refractivity contribution in [2.75, 3.05) is 0 Å². The van der Waals surface area contributed by atoms with E-state index in [0.29, 0.717) is 30.1 Å². The molecule has 4 aliphatic carbocycles. The molecule has 4 nitrogen and oxygen atoms in total. The first-order valence-electron chi connectivity index (χ1n) is 7.82. The van der Waals surface area contributed by atoms with E-state index in [2.05, 4.69) is 0 Å². The van der Waals surface area contributed by atoms with Crippen molar-refractivity contribution in [3.63, 3.8) is 0 Å². The van der Waals surface area contributed by atoms with Crippen LogP contribution in [0, 0.1) is 41.4 Å². The van der Waals surface area contributed by atoms with Gasteiger partial charge in [0.25, 0.3) is 0 Å². The Labute approximate surface area is 126 Å². The van der Waals surface area contributed by atoms with Crippen LogP contribution >= 0.6 is 0 Å². The molecule has 0 heterocycles. The Kier molecular flexibility index (Phi) is 2.95. The zero-order chi connectivity index (χ0) is 15.9. The highest BCUT2D eigenvalue weighted by molar-refractivity contribution is 7.90. The van der Waals surface area contributed by atoms with E-state index in [4.69, 9.17) is 0 Å². The molecule has 0 aromatic carbocycles. The minimum atomic E-state index is -5.58. The van der Waals surface area contributed by atoms with Crippen LogP contribution < -0.4 is 4.72 Å². The van der Waals surface area contributed by atoms with E-state index in [9.17, 15) is 26.4 Å². The first-order valence-corrected chi connectivity index (χ1v) is 9.30. The van der Waals surface area contributed by atoms with Gasteiger partial charge in [-0.2, -0.15) is 21.6 Å². The lowest BCUT2D eigenvalue weighted by Gasteiger charge is -2.38. The number of hydrogen-bond donors (Lipinski definition) is 1. The van der Waals surface area contributed by atoms with Gasteiger partial charge in [-0.05, 0) is 67.6 Å². The second-order valence-corrected chi connectivity index (χ2v) is 9.08. The second kappa shape index (κ2) is 4.39. The lowest BCUT2D eigenvalue weighted by molar-refractivity contribution is -0.126. The summed E-state index contributed by atoms with van der Waals surface area (Å²) in [5.41, 5.74) is -5.44. The van der Waals surface area contributed by atoms with Crippen molar-refractivity contribution in [1.29, 1.82) is 0 Å². The van der Waals surface area contributed by atoms with Crippen LogP contribution in [0.2, 0.25) is 0 Å². The Morgan fingerprint density at radius 1 is 0.955 bits per heavy atom. The molecule has 7 unspecified atom stereocenters. The largest absolute Gasteiger partial charge is 0.516 e. The highest BCUT2D eigenvalue weighted by Gasteiger charge is 2.63. The Hall–Kier alpha value is -0.790. The zero-order valence-electron chi connectivity index (χ0n) is 11.8. The van der Waals surface area contributed by atoms with Crippen molar-refractivity contribution in [2.45, 2.75) is 37.6 Å². The van der Waals surface area contributed by atoms with E-state index < -0.39 is 27.4 Å². The SMILES string of the molecule is O=C(NS(=O)(=O)C(F)(F)F)C1CC2CC1C1C3CCC(C3)C21. The summed E-state index contributed by atoms with van der Waals surface area (Å²) in [6.07, 6.45) is 5.02. The van der Waals surface area contributed by atoms with Crippen molar-refractivity contribution < 1.29 is 26.4 Å². The van der Waals surface area contributed by atoms with E-state index in [-0.39, 0.29) is 5.92 Å². The lowest BCUT2D eigenvalue weighted by atomic mass is 9.67. The van der Waals surface area contributed by atoms with Gasteiger partial charge in [-0.1, -0.05) is 0 Å². The molecule has 1 amide bonds. The van der Waals surface area contributed by atoms with Gasteiger partial charge in [-0.3, -0.25) is 4.79 Å². The Morgan fingerprint density at radius 3 is 2.23 bits per heavy atom.